The van der Waals surface area contributed by atoms with Gasteiger partial charge in [0, 0.05) is 11.1 Å². The van der Waals surface area contributed by atoms with Crippen LogP contribution >= 0.6 is 15.9 Å². The maximum Gasteiger partial charge on any atom is 0.339 e. The van der Waals surface area contributed by atoms with Gasteiger partial charge in [0.25, 0.3) is 0 Å². The van der Waals surface area contributed by atoms with Gasteiger partial charge in [-0.15, -0.1) is 0 Å². The number of rotatable bonds is 3. The van der Waals surface area contributed by atoms with Gasteiger partial charge in [0.2, 0.25) is 0 Å². The predicted octanol–water partition coefficient (Wildman–Crippen LogP) is 4.07. The van der Waals surface area contributed by atoms with Crippen LogP contribution in [0.4, 0.5) is 0 Å². The van der Waals surface area contributed by atoms with Crippen LogP contribution in [0.3, 0.4) is 0 Å². The van der Waals surface area contributed by atoms with E-state index in [1.807, 2.05) is 19.1 Å². The molecular weight excluding hydrogens is 366 g/mol. The summed E-state index contributed by atoms with van der Waals surface area (Å²) in [5.74, 6) is 0.217. The molecule has 0 aliphatic heterocycles. The Morgan fingerprint density at radius 3 is 2.41 bits per heavy atom. The van der Waals surface area contributed by atoms with Crippen molar-refractivity contribution in [2.45, 2.75) is 11.8 Å². The number of hydrogen-bond donors (Lipinski definition) is 0. The summed E-state index contributed by atoms with van der Waals surface area (Å²) < 4.78 is 30.4. The molecule has 0 aliphatic rings. The summed E-state index contributed by atoms with van der Waals surface area (Å²) in [6, 6.07) is 15.3. The molecule has 0 aliphatic carbocycles. The van der Waals surface area contributed by atoms with Crippen molar-refractivity contribution in [1.29, 1.82) is 0 Å². The molecule has 0 saturated carbocycles. The molecule has 0 saturated heterocycles. The van der Waals surface area contributed by atoms with Crippen molar-refractivity contribution >= 4 is 37.0 Å². The van der Waals surface area contributed by atoms with Crippen molar-refractivity contribution in [3.05, 3.63) is 64.8 Å². The Bertz CT molecular complexity index is 940. The van der Waals surface area contributed by atoms with E-state index in [0.29, 0.717) is 9.99 Å². The molecule has 0 atom stereocenters. The Morgan fingerprint density at radius 1 is 1.00 bits per heavy atom. The molecule has 3 rings (SSSR count). The molecule has 6 heteroatoms. The van der Waals surface area contributed by atoms with Crippen molar-refractivity contribution < 1.29 is 12.6 Å². The number of hydrogen-bond acceptors (Lipinski definition) is 4. The Hall–Kier alpha value is -1.92. The first-order valence-corrected chi connectivity index (χ1v) is 8.73. The van der Waals surface area contributed by atoms with Crippen LogP contribution in [0.25, 0.3) is 10.9 Å². The van der Waals surface area contributed by atoms with Crippen LogP contribution in [0.2, 0.25) is 0 Å². The van der Waals surface area contributed by atoms with Crippen LogP contribution in [0.5, 0.6) is 5.75 Å². The van der Waals surface area contributed by atoms with Crippen LogP contribution in [-0.2, 0) is 10.1 Å². The lowest BCUT2D eigenvalue weighted by atomic mass is 10.2. The van der Waals surface area contributed by atoms with Gasteiger partial charge in [0.1, 0.15) is 4.90 Å². The maximum atomic E-state index is 12.3. The molecule has 2 aromatic carbocycles. The molecule has 0 bridgehead atoms. The third kappa shape index (κ3) is 2.84. The van der Waals surface area contributed by atoms with Gasteiger partial charge in [-0.05, 0) is 53.2 Å². The fourth-order valence-electron chi connectivity index (χ4n) is 2.05. The second kappa shape index (κ2) is 5.70. The highest BCUT2D eigenvalue weighted by Crippen LogP contribution is 2.33. The molecular formula is C16H12BrNO3S. The van der Waals surface area contributed by atoms with E-state index in [1.165, 1.54) is 12.1 Å². The molecule has 22 heavy (non-hydrogen) atoms. The van der Waals surface area contributed by atoms with E-state index in [2.05, 4.69) is 20.9 Å². The minimum absolute atomic E-state index is 0.110. The Balaban J connectivity index is 2.06. The van der Waals surface area contributed by atoms with E-state index in [9.17, 15) is 8.42 Å². The van der Waals surface area contributed by atoms with Gasteiger partial charge in [0.15, 0.2) is 5.75 Å². The third-order valence-corrected chi connectivity index (χ3v) is 5.15. The lowest BCUT2D eigenvalue weighted by Crippen LogP contribution is -2.10. The molecule has 4 nitrogen and oxygen atoms in total. The van der Waals surface area contributed by atoms with Crippen LogP contribution in [0, 0.1) is 6.92 Å². The van der Waals surface area contributed by atoms with Crippen LogP contribution in [0.1, 0.15) is 5.69 Å². The molecule has 0 N–H and O–H groups in total. The van der Waals surface area contributed by atoms with E-state index in [4.69, 9.17) is 4.18 Å². The lowest BCUT2D eigenvalue weighted by molar-refractivity contribution is 0.485. The quantitative estimate of drug-likeness (QED) is 0.645. The average Bonchev–Trinajstić information content (AvgIpc) is 2.51. The fourth-order valence-corrected chi connectivity index (χ4v) is 3.65. The number of aromatic nitrogens is 1. The summed E-state index contributed by atoms with van der Waals surface area (Å²) in [6.07, 6.45) is 0. The van der Waals surface area contributed by atoms with Crippen molar-refractivity contribution in [3.63, 3.8) is 0 Å². The van der Waals surface area contributed by atoms with Crippen LogP contribution in [-0.4, -0.2) is 13.4 Å². The van der Waals surface area contributed by atoms with Crippen molar-refractivity contribution in [2.24, 2.45) is 0 Å². The van der Waals surface area contributed by atoms with E-state index in [-0.39, 0.29) is 10.6 Å². The van der Waals surface area contributed by atoms with Gasteiger partial charge in [-0.1, -0.05) is 24.3 Å². The number of halogens is 1. The highest BCUT2D eigenvalue weighted by molar-refractivity contribution is 9.10. The molecule has 1 heterocycles. The average molecular weight is 378 g/mol. The van der Waals surface area contributed by atoms with Crippen LogP contribution in [0.15, 0.2) is 64.0 Å². The lowest BCUT2D eigenvalue weighted by Gasteiger charge is -2.10. The molecule has 1 aromatic heterocycles. The third-order valence-electron chi connectivity index (χ3n) is 3.14. The standard InChI is InChI=1S/C16H12BrNO3S/c1-11-7-8-12-9-10-14(15(17)16(12)18-11)21-22(19,20)13-5-3-2-4-6-13/h2-10H,1H3. The first kappa shape index (κ1) is 15.0. The Labute approximate surface area is 137 Å². The second-order valence-corrected chi connectivity index (χ2v) is 7.09. The predicted molar refractivity (Wildman–Crippen MR) is 88.4 cm³/mol. The number of benzene rings is 2. The largest absolute Gasteiger partial charge is 0.378 e. The summed E-state index contributed by atoms with van der Waals surface area (Å²) in [7, 11) is -3.87. The van der Waals surface area contributed by atoms with Gasteiger partial charge < -0.3 is 4.18 Å². The zero-order valence-electron chi connectivity index (χ0n) is 11.7. The zero-order chi connectivity index (χ0) is 15.7. The summed E-state index contributed by atoms with van der Waals surface area (Å²) in [4.78, 5) is 4.53. The number of aryl methyl sites for hydroxylation is 1. The molecule has 0 spiro atoms. The summed E-state index contributed by atoms with van der Waals surface area (Å²) >= 11 is 3.39. The van der Waals surface area contributed by atoms with E-state index in [1.54, 1.807) is 30.3 Å². The van der Waals surface area contributed by atoms with Gasteiger partial charge in [-0.25, -0.2) is 0 Å². The molecule has 0 fully saturated rings. The van der Waals surface area contributed by atoms with Gasteiger partial charge in [0.05, 0.1) is 9.99 Å². The molecule has 3 aromatic rings. The van der Waals surface area contributed by atoms with Crippen molar-refractivity contribution in [2.75, 3.05) is 0 Å². The molecule has 0 radical (unpaired) electrons. The molecule has 0 unspecified atom stereocenters. The summed E-state index contributed by atoms with van der Waals surface area (Å²) in [6.45, 7) is 1.88. The second-order valence-electron chi connectivity index (χ2n) is 4.75. The minimum atomic E-state index is -3.87. The number of pyridine rings is 1. The SMILES string of the molecule is Cc1ccc2ccc(OS(=O)(=O)c3ccccc3)c(Br)c2n1. The van der Waals surface area contributed by atoms with E-state index < -0.39 is 10.1 Å². The van der Waals surface area contributed by atoms with E-state index >= 15 is 0 Å². The Morgan fingerprint density at radius 2 is 1.68 bits per heavy atom. The number of fused-ring (bicyclic) bond motifs is 1. The van der Waals surface area contributed by atoms with E-state index in [0.717, 1.165) is 11.1 Å². The zero-order valence-corrected chi connectivity index (χ0v) is 14.1. The van der Waals surface area contributed by atoms with Crippen LogP contribution < -0.4 is 4.18 Å². The highest BCUT2D eigenvalue weighted by Gasteiger charge is 2.19. The highest BCUT2D eigenvalue weighted by atomic mass is 79.9. The van der Waals surface area contributed by atoms with Gasteiger partial charge in [-0.3, -0.25) is 4.98 Å². The molecule has 0 amide bonds. The smallest absolute Gasteiger partial charge is 0.339 e. The maximum absolute atomic E-state index is 12.3. The van der Waals surface area contributed by atoms with Gasteiger partial charge in [-0.2, -0.15) is 8.42 Å². The number of nitrogens with zero attached hydrogens (tertiary/aromatic N) is 1. The first-order valence-electron chi connectivity index (χ1n) is 6.53. The Kier molecular flexibility index (Phi) is 3.88. The monoisotopic (exact) mass is 377 g/mol. The fraction of sp³-hybridized carbons (Fsp3) is 0.0625. The van der Waals surface area contributed by atoms with Crippen molar-refractivity contribution in [3.8, 4) is 5.75 Å². The normalized spacial score (nSPS) is 11.5. The topological polar surface area (TPSA) is 56.3 Å². The summed E-state index contributed by atoms with van der Waals surface area (Å²) in [5, 5.41) is 0.905. The minimum Gasteiger partial charge on any atom is -0.378 e. The van der Waals surface area contributed by atoms with Crippen molar-refractivity contribution in [1.82, 2.24) is 4.98 Å². The summed E-state index contributed by atoms with van der Waals surface area (Å²) in [5.41, 5.74) is 1.51. The van der Waals surface area contributed by atoms with Gasteiger partial charge >= 0.3 is 10.1 Å². The first-order chi connectivity index (χ1) is 10.5. The molecule has 112 valence electrons.